The molecule has 0 aromatic rings. The zero-order valence-corrected chi connectivity index (χ0v) is 15.4. The SMILES string of the molecule is C[Si](C)(C)C1=CN(C2CCCCC2)CN1C1CCCCC1. The Hall–Kier alpha value is -0.443. The van der Waals surface area contributed by atoms with Gasteiger partial charge in [0.15, 0.2) is 0 Å². The van der Waals surface area contributed by atoms with Gasteiger partial charge in [-0.25, -0.2) is 0 Å². The molecule has 3 rings (SSSR count). The van der Waals surface area contributed by atoms with E-state index in [2.05, 4.69) is 35.6 Å². The smallest absolute Gasteiger partial charge is 0.1000 e. The van der Waals surface area contributed by atoms with Crippen LogP contribution in [0.3, 0.4) is 0 Å². The van der Waals surface area contributed by atoms with Crippen molar-refractivity contribution in [3.05, 3.63) is 11.5 Å². The first kappa shape index (κ1) is 15.5. The maximum absolute atomic E-state index is 2.83. The van der Waals surface area contributed by atoms with Gasteiger partial charge in [-0.2, -0.15) is 0 Å². The second kappa shape index (κ2) is 6.35. The van der Waals surface area contributed by atoms with Gasteiger partial charge in [0.1, 0.15) is 0 Å². The molecule has 3 heteroatoms. The van der Waals surface area contributed by atoms with Crippen LogP contribution in [0, 0.1) is 0 Å². The van der Waals surface area contributed by atoms with Crippen molar-refractivity contribution in [3.63, 3.8) is 0 Å². The molecule has 1 aliphatic heterocycles. The Balaban J connectivity index is 1.75. The summed E-state index contributed by atoms with van der Waals surface area (Å²) in [5, 5.41) is 1.74. The summed E-state index contributed by atoms with van der Waals surface area (Å²) in [6, 6.07) is 1.67. The van der Waals surface area contributed by atoms with E-state index in [9.17, 15) is 0 Å². The monoisotopic (exact) mass is 306 g/mol. The molecule has 21 heavy (non-hydrogen) atoms. The quantitative estimate of drug-likeness (QED) is 0.681. The highest BCUT2D eigenvalue weighted by atomic mass is 28.3. The average Bonchev–Trinajstić information content (AvgIpc) is 2.94. The van der Waals surface area contributed by atoms with Crippen LogP contribution in [0.1, 0.15) is 64.2 Å². The molecule has 0 radical (unpaired) electrons. The zero-order valence-electron chi connectivity index (χ0n) is 14.4. The van der Waals surface area contributed by atoms with Crippen LogP contribution >= 0.6 is 0 Å². The molecule has 0 aromatic heterocycles. The van der Waals surface area contributed by atoms with Crippen molar-refractivity contribution >= 4 is 8.07 Å². The number of rotatable bonds is 3. The summed E-state index contributed by atoms with van der Waals surface area (Å²) >= 11 is 0. The van der Waals surface area contributed by atoms with E-state index in [1.807, 2.05) is 0 Å². The van der Waals surface area contributed by atoms with E-state index in [0.717, 1.165) is 12.1 Å². The van der Waals surface area contributed by atoms with Crippen molar-refractivity contribution in [1.82, 2.24) is 9.80 Å². The maximum Gasteiger partial charge on any atom is 0.1000 e. The Labute approximate surface area is 132 Å². The van der Waals surface area contributed by atoms with Gasteiger partial charge < -0.3 is 9.80 Å². The lowest BCUT2D eigenvalue weighted by molar-refractivity contribution is 0.131. The lowest BCUT2D eigenvalue weighted by Crippen LogP contribution is -2.44. The molecular formula is C18H34N2Si. The Morgan fingerprint density at radius 1 is 0.810 bits per heavy atom. The minimum Gasteiger partial charge on any atom is -0.357 e. The summed E-state index contributed by atoms with van der Waals surface area (Å²) in [4.78, 5) is 5.56. The van der Waals surface area contributed by atoms with Crippen LogP contribution < -0.4 is 0 Å². The minimum absolute atomic E-state index is 0.832. The highest BCUT2D eigenvalue weighted by Gasteiger charge is 2.37. The van der Waals surface area contributed by atoms with Gasteiger partial charge in [0.2, 0.25) is 0 Å². The van der Waals surface area contributed by atoms with Gasteiger partial charge in [-0.05, 0) is 25.7 Å². The Morgan fingerprint density at radius 3 is 1.86 bits per heavy atom. The van der Waals surface area contributed by atoms with Crippen LogP contribution in [0.4, 0.5) is 0 Å². The zero-order chi connectivity index (χ0) is 14.9. The molecule has 0 saturated heterocycles. The molecule has 2 aliphatic carbocycles. The van der Waals surface area contributed by atoms with Crippen molar-refractivity contribution < 1.29 is 0 Å². The van der Waals surface area contributed by atoms with Crippen LogP contribution in [-0.4, -0.2) is 36.6 Å². The summed E-state index contributed by atoms with van der Waals surface area (Å²) in [5.74, 6) is 0. The summed E-state index contributed by atoms with van der Waals surface area (Å²) in [6.45, 7) is 8.78. The van der Waals surface area contributed by atoms with Crippen molar-refractivity contribution in [3.8, 4) is 0 Å². The molecule has 3 aliphatic rings. The largest absolute Gasteiger partial charge is 0.357 e. The van der Waals surface area contributed by atoms with Crippen LogP contribution in [0.5, 0.6) is 0 Å². The third-order valence-electron chi connectivity index (χ3n) is 5.74. The van der Waals surface area contributed by atoms with Gasteiger partial charge in [-0.3, -0.25) is 0 Å². The Kier molecular flexibility index (Phi) is 4.68. The first-order chi connectivity index (χ1) is 10.1. The van der Waals surface area contributed by atoms with E-state index in [1.54, 1.807) is 5.32 Å². The van der Waals surface area contributed by atoms with E-state index in [0.29, 0.717) is 0 Å². The molecule has 0 unspecified atom stereocenters. The molecule has 2 nitrogen and oxygen atoms in total. The molecule has 0 N–H and O–H groups in total. The van der Waals surface area contributed by atoms with Crippen LogP contribution in [0.2, 0.25) is 19.6 Å². The van der Waals surface area contributed by atoms with Crippen molar-refractivity contribution in [1.29, 1.82) is 0 Å². The fourth-order valence-corrected chi connectivity index (χ4v) is 6.16. The average molecular weight is 307 g/mol. The summed E-state index contributed by atoms with van der Waals surface area (Å²) in [6.07, 6.45) is 17.0. The predicted octanol–water partition coefficient (Wildman–Crippen LogP) is 4.95. The molecule has 0 amide bonds. The molecule has 0 aromatic carbocycles. The van der Waals surface area contributed by atoms with Crippen LogP contribution in [0.15, 0.2) is 11.5 Å². The van der Waals surface area contributed by atoms with E-state index >= 15 is 0 Å². The molecule has 2 fully saturated rings. The van der Waals surface area contributed by atoms with Crippen molar-refractivity contribution in [2.45, 2.75) is 95.9 Å². The van der Waals surface area contributed by atoms with Gasteiger partial charge in [0.25, 0.3) is 0 Å². The third-order valence-corrected chi connectivity index (χ3v) is 7.69. The lowest BCUT2D eigenvalue weighted by atomic mass is 9.94. The first-order valence-corrected chi connectivity index (χ1v) is 12.8. The van der Waals surface area contributed by atoms with E-state index in [4.69, 9.17) is 0 Å². The fraction of sp³-hybridized carbons (Fsp3) is 0.889. The van der Waals surface area contributed by atoms with Crippen LogP contribution in [0.25, 0.3) is 0 Å². The first-order valence-electron chi connectivity index (χ1n) is 9.30. The molecule has 0 spiro atoms. The normalized spacial score (nSPS) is 26.3. The molecule has 0 atom stereocenters. The van der Waals surface area contributed by atoms with Gasteiger partial charge >= 0.3 is 0 Å². The second-order valence-electron chi connectivity index (χ2n) is 8.47. The third kappa shape index (κ3) is 3.49. The fourth-order valence-electron chi connectivity index (χ4n) is 4.49. The van der Waals surface area contributed by atoms with Gasteiger partial charge in [-0.15, -0.1) is 0 Å². The summed E-state index contributed by atoms with van der Waals surface area (Å²) < 4.78 is 0. The number of hydrogen-bond donors (Lipinski definition) is 0. The molecule has 120 valence electrons. The summed E-state index contributed by atoms with van der Waals surface area (Å²) in [7, 11) is -1.23. The topological polar surface area (TPSA) is 6.48 Å². The Bertz CT molecular complexity index is 373. The van der Waals surface area contributed by atoms with Crippen molar-refractivity contribution in [2.75, 3.05) is 6.67 Å². The van der Waals surface area contributed by atoms with E-state index in [1.165, 1.54) is 70.9 Å². The summed E-state index contributed by atoms with van der Waals surface area (Å²) in [5.41, 5.74) is 0. The second-order valence-corrected chi connectivity index (χ2v) is 13.5. The molecule has 0 bridgehead atoms. The number of hydrogen-bond acceptors (Lipinski definition) is 2. The van der Waals surface area contributed by atoms with Crippen LogP contribution in [-0.2, 0) is 0 Å². The standard InChI is InChI=1S/C18H34N2Si/c1-21(2,3)18-14-19(16-10-6-4-7-11-16)15-20(18)17-12-8-5-9-13-17/h14,16-17H,4-13,15H2,1-3H3. The molecule has 2 saturated carbocycles. The highest BCUT2D eigenvalue weighted by Crippen LogP contribution is 2.35. The minimum atomic E-state index is -1.23. The van der Waals surface area contributed by atoms with Gasteiger partial charge in [-0.1, -0.05) is 58.2 Å². The lowest BCUT2D eigenvalue weighted by Gasteiger charge is -2.39. The molecular weight excluding hydrogens is 272 g/mol. The predicted molar refractivity (Wildman–Crippen MR) is 93.7 cm³/mol. The van der Waals surface area contributed by atoms with Gasteiger partial charge in [0.05, 0.1) is 14.7 Å². The van der Waals surface area contributed by atoms with Gasteiger partial charge in [0, 0.05) is 23.6 Å². The van der Waals surface area contributed by atoms with E-state index < -0.39 is 8.07 Å². The Morgan fingerprint density at radius 2 is 1.33 bits per heavy atom. The van der Waals surface area contributed by atoms with Crippen molar-refractivity contribution in [2.24, 2.45) is 0 Å². The highest BCUT2D eigenvalue weighted by molar-refractivity contribution is 6.82. The van der Waals surface area contributed by atoms with E-state index in [-0.39, 0.29) is 0 Å². The molecule has 1 heterocycles. The maximum atomic E-state index is 2.83. The number of nitrogens with zero attached hydrogens (tertiary/aromatic N) is 2.